The molecule has 3 heteroatoms. The van der Waals surface area contributed by atoms with Crippen molar-refractivity contribution in [2.24, 2.45) is 17.3 Å². The molecule has 2 rings (SSSR count). The molecular formula is C14H20O3. The fourth-order valence-electron chi connectivity index (χ4n) is 3.42. The smallest absolute Gasteiger partial charge is 0.320 e. The van der Waals surface area contributed by atoms with Crippen LogP contribution in [-0.2, 0) is 14.3 Å². The summed E-state index contributed by atoms with van der Waals surface area (Å²) in [7, 11) is 0. The molecule has 2 aliphatic carbocycles. The average Bonchev–Trinajstić information content (AvgIpc) is 2.29. The number of ketones is 1. The molecule has 3 atom stereocenters. The summed E-state index contributed by atoms with van der Waals surface area (Å²) in [6, 6.07) is 0. The molecule has 94 valence electrons. The zero-order chi connectivity index (χ0) is 12.5. The molecule has 0 aromatic rings. The molecule has 17 heavy (non-hydrogen) atoms. The van der Waals surface area contributed by atoms with Crippen molar-refractivity contribution in [3.05, 3.63) is 12.2 Å². The van der Waals surface area contributed by atoms with Gasteiger partial charge in [-0.2, -0.15) is 0 Å². The minimum absolute atomic E-state index is 0.0342. The number of rotatable bonds is 2. The van der Waals surface area contributed by atoms with Gasteiger partial charge in [-0.05, 0) is 38.0 Å². The highest BCUT2D eigenvalue weighted by molar-refractivity contribution is 6.05. The Morgan fingerprint density at radius 2 is 2.35 bits per heavy atom. The number of esters is 1. The molecule has 0 aliphatic heterocycles. The second-order valence-corrected chi connectivity index (χ2v) is 5.05. The third-order valence-corrected chi connectivity index (χ3v) is 4.24. The molecule has 1 fully saturated rings. The minimum Gasteiger partial charge on any atom is -0.465 e. The lowest BCUT2D eigenvalue weighted by atomic mass is 9.56. The number of carbonyl (C=O) groups is 2. The lowest BCUT2D eigenvalue weighted by molar-refractivity contribution is -0.170. The molecule has 0 bridgehead atoms. The second kappa shape index (κ2) is 4.63. The predicted molar refractivity (Wildman–Crippen MR) is 64.3 cm³/mol. The number of hydrogen-bond acceptors (Lipinski definition) is 3. The van der Waals surface area contributed by atoms with Crippen LogP contribution < -0.4 is 0 Å². The molecular weight excluding hydrogens is 216 g/mol. The van der Waals surface area contributed by atoms with Crippen molar-refractivity contribution in [3.8, 4) is 0 Å². The Kier molecular flexibility index (Phi) is 3.36. The standard InChI is InChI=1S/C14H20O3/c1-3-17-13(16)14-10(2)6-4-7-11(14)8-5-9-12(14)15/h4,6,10-11H,3,5,7-9H2,1-2H3/t10-,11+,14-/m0/s1. The summed E-state index contributed by atoms with van der Waals surface area (Å²) in [6.07, 6.45) is 7.31. The maximum absolute atomic E-state index is 12.3. The highest BCUT2D eigenvalue weighted by Crippen LogP contribution is 2.50. The van der Waals surface area contributed by atoms with E-state index in [4.69, 9.17) is 4.74 Å². The Morgan fingerprint density at radius 3 is 3.06 bits per heavy atom. The van der Waals surface area contributed by atoms with E-state index in [-0.39, 0.29) is 23.6 Å². The van der Waals surface area contributed by atoms with Crippen LogP contribution in [0.1, 0.15) is 39.5 Å². The van der Waals surface area contributed by atoms with Gasteiger partial charge in [-0.3, -0.25) is 9.59 Å². The Hall–Kier alpha value is -1.12. The summed E-state index contributed by atoms with van der Waals surface area (Å²) in [5.74, 6) is -0.105. The van der Waals surface area contributed by atoms with E-state index in [1.165, 1.54) is 0 Å². The first-order valence-corrected chi connectivity index (χ1v) is 6.51. The summed E-state index contributed by atoms with van der Waals surface area (Å²) in [6.45, 7) is 4.10. The van der Waals surface area contributed by atoms with Gasteiger partial charge in [0.05, 0.1) is 6.61 Å². The molecule has 2 aliphatic rings. The van der Waals surface area contributed by atoms with Gasteiger partial charge in [-0.15, -0.1) is 0 Å². The number of Topliss-reactive ketones (excluding diaryl/α,β-unsaturated/α-hetero) is 1. The van der Waals surface area contributed by atoms with Crippen molar-refractivity contribution < 1.29 is 14.3 Å². The largest absolute Gasteiger partial charge is 0.465 e. The minimum atomic E-state index is -0.886. The molecule has 0 spiro atoms. The van der Waals surface area contributed by atoms with Crippen molar-refractivity contribution in [2.45, 2.75) is 39.5 Å². The molecule has 0 radical (unpaired) electrons. The number of fused-ring (bicyclic) bond motifs is 1. The summed E-state index contributed by atoms with van der Waals surface area (Å²) < 4.78 is 5.19. The maximum Gasteiger partial charge on any atom is 0.320 e. The van der Waals surface area contributed by atoms with Gasteiger partial charge in [0.25, 0.3) is 0 Å². The van der Waals surface area contributed by atoms with Crippen molar-refractivity contribution >= 4 is 11.8 Å². The van der Waals surface area contributed by atoms with Crippen molar-refractivity contribution in [3.63, 3.8) is 0 Å². The van der Waals surface area contributed by atoms with Crippen LogP contribution in [-0.4, -0.2) is 18.4 Å². The molecule has 0 heterocycles. The van der Waals surface area contributed by atoms with E-state index >= 15 is 0 Å². The fraction of sp³-hybridized carbons (Fsp3) is 0.714. The van der Waals surface area contributed by atoms with Crippen LogP contribution in [0, 0.1) is 17.3 Å². The first kappa shape index (κ1) is 12.3. The second-order valence-electron chi connectivity index (χ2n) is 5.05. The van der Waals surface area contributed by atoms with E-state index in [0.29, 0.717) is 13.0 Å². The predicted octanol–water partition coefficient (Wildman–Crippen LogP) is 2.50. The summed E-state index contributed by atoms with van der Waals surface area (Å²) in [5, 5.41) is 0. The molecule has 0 N–H and O–H groups in total. The quantitative estimate of drug-likeness (QED) is 0.420. The summed E-state index contributed by atoms with van der Waals surface area (Å²) in [4.78, 5) is 24.6. The van der Waals surface area contributed by atoms with E-state index in [1.807, 2.05) is 13.0 Å². The van der Waals surface area contributed by atoms with E-state index in [2.05, 4.69) is 6.08 Å². The monoisotopic (exact) mass is 236 g/mol. The molecule has 0 unspecified atom stereocenters. The van der Waals surface area contributed by atoms with Crippen molar-refractivity contribution in [1.82, 2.24) is 0 Å². The lowest BCUT2D eigenvalue weighted by Gasteiger charge is -2.45. The van der Waals surface area contributed by atoms with Crippen LogP contribution >= 0.6 is 0 Å². The molecule has 0 saturated heterocycles. The zero-order valence-corrected chi connectivity index (χ0v) is 10.6. The fourth-order valence-corrected chi connectivity index (χ4v) is 3.42. The molecule has 1 saturated carbocycles. The number of allylic oxidation sites excluding steroid dienone is 2. The molecule has 0 amide bonds. The van der Waals surface area contributed by atoms with E-state index in [0.717, 1.165) is 19.3 Å². The molecule has 0 aromatic carbocycles. The van der Waals surface area contributed by atoms with Gasteiger partial charge in [0.15, 0.2) is 5.78 Å². The Bertz CT molecular complexity index is 358. The Balaban J connectivity index is 2.42. The van der Waals surface area contributed by atoms with Crippen LogP contribution in [0.4, 0.5) is 0 Å². The normalized spacial score (nSPS) is 36.5. The van der Waals surface area contributed by atoms with E-state index in [1.54, 1.807) is 6.92 Å². The number of ether oxygens (including phenoxy) is 1. The van der Waals surface area contributed by atoms with Crippen molar-refractivity contribution in [2.75, 3.05) is 6.61 Å². The highest BCUT2D eigenvalue weighted by atomic mass is 16.5. The third-order valence-electron chi connectivity index (χ3n) is 4.24. The van der Waals surface area contributed by atoms with Crippen LogP contribution in [0.5, 0.6) is 0 Å². The summed E-state index contributed by atoms with van der Waals surface area (Å²) >= 11 is 0. The third kappa shape index (κ3) is 1.72. The van der Waals surface area contributed by atoms with Gasteiger partial charge in [-0.1, -0.05) is 19.1 Å². The topological polar surface area (TPSA) is 43.4 Å². The van der Waals surface area contributed by atoms with Gasteiger partial charge in [-0.25, -0.2) is 0 Å². The van der Waals surface area contributed by atoms with Crippen LogP contribution in [0.25, 0.3) is 0 Å². The number of carbonyl (C=O) groups excluding carboxylic acids is 2. The lowest BCUT2D eigenvalue weighted by Crippen LogP contribution is -2.54. The maximum atomic E-state index is 12.3. The zero-order valence-electron chi connectivity index (χ0n) is 10.6. The number of hydrogen-bond donors (Lipinski definition) is 0. The molecule has 3 nitrogen and oxygen atoms in total. The first-order valence-electron chi connectivity index (χ1n) is 6.51. The first-order chi connectivity index (χ1) is 8.14. The van der Waals surface area contributed by atoms with Crippen molar-refractivity contribution in [1.29, 1.82) is 0 Å². The highest BCUT2D eigenvalue weighted by Gasteiger charge is 2.57. The van der Waals surface area contributed by atoms with Gasteiger partial charge in [0.2, 0.25) is 0 Å². The Morgan fingerprint density at radius 1 is 1.59 bits per heavy atom. The van der Waals surface area contributed by atoms with Crippen LogP contribution in [0.2, 0.25) is 0 Å². The van der Waals surface area contributed by atoms with E-state index < -0.39 is 5.41 Å². The Labute approximate surface area is 102 Å². The average molecular weight is 236 g/mol. The van der Waals surface area contributed by atoms with Gasteiger partial charge in [0.1, 0.15) is 5.41 Å². The van der Waals surface area contributed by atoms with E-state index in [9.17, 15) is 9.59 Å². The van der Waals surface area contributed by atoms with Crippen LogP contribution in [0.15, 0.2) is 12.2 Å². The van der Waals surface area contributed by atoms with Gasteiger partial charge >= 0.3 is 5.97 Å². The van der Waals surface area contributed by atoms with Gasteiger partial charge < -0.3 is 4.74 Å². The van der Waals surface area contributed by atoms with Gasteiger partial charge in [0, 0.05) is 6.42 Å². The SMILES string of the molecule is CCOC(=O)[C@]12C(=O)CCC[C@H]1CC=C[C@@H]2C. The molecule has 0 aromatic heterocycles. The summed E-state index contributed by atoms with van der Waals surface area (Å²) in [5.41, 5.74) is -0.886. The van der Waals surface area contributed by atoms with Crippen LogP contribution in [0.3, 0.4) is 0 Å².